The number of nitro benzene ring substituents is 1. The van der Waals surface area contributed by atoms with Crippen molar-refractivity contribution in [2.75, 3.05) is 0 Å². The highest BCUT2D eigenvalue weighted by Gasteiger charge is 2.19. The van der Waals surface area contributed by atoms with E-state index in [1.165, 1.54) is 24.3 Å². The summed E-state index contributed by atoms with van der Waals surface area (Å²) in [4.78, 5) is 20.8. The third-order valence-electron chi connectivity index (χ3n) is 2.21. The van der Waals surface area contributed by atoms with Gasteiger partial charge in [-0.15, -0.1) is 10.2 Å². The van der Waals surface area contributed by atoms with Crippen LogP contribution in [-0.2, 0) is 0 Å². The Morgan fingerprint density at radius 3 is 2.60 bits per heavy atom. The second kappa shape index (κ2) is 5.49. The van der Waals surface area contributed by atoms with Gasteiger partial charge in [0, 0.05) is 12.1 Å². The number of hydrogen-bond donors (Lipinski definition) is 1. The van der Waals surface area contributed by atoms with Gasteiger partial charge in [0.1, 0.15) is 0 Å². The Labute approximate surface area is 116 Å². The van der Waals surface area contributed by atoms with Gasteiger partial charge < -0.3 is 9.84 Å². The first-order valence-electron chi connectivity index (χ1n) is 5.17. The van der Waals surface area contributed by atoms with Crippen LogP contribution < -0.4 is 4.74 Å². The molecule has 1 N–H and O–H groups in total. The van der Waals surface area contributed by atoms with E-state index in [9.17, 15) is 14.9 Å². The summed E-state index contributed by atoms with van der Waals surface area (Å²) in [5.74, 6) is -1.53. The molecule has 0 spiro atoms. The zero-order valence-corrected chi connectivity index (χ0v) is 10.4. The molecule has 0 atom stereocenters. The normalized spacial score (nSPS) is 10.1. The number of rotatable bonds is 4. The largest absolute Gasteiger partial charge is 0.476 e. The van der Waals surface area contributed by atoms with Gasteiger partial charge in [0.15, 0.2) is 5.69 Å². The van der Waals surface area contributed by atoms with Crippen LogP contribution in [-0.4, -0.2) is 26.2 Å². The molecule has 20 heavy (non-hydrogen) atoms. The van der Waals surface area contributed by atoms with Crippen LogP contribution in [0.4, 0.5) is 5.69 Å². The highest BCUT2D eigenvalue weighted by atomic mass is 35.5. The number of para-hydroxylation sites is 1. The van der Waals surface area contributed by atoms with Crippen LogP contribution in [0.1, 0.15) is 10.5 Å². The molecule has 0 amide bonds. The van der Waals surface area contributed by atoms with E-state index in [0.717, 1.165) is 6.07 Å². The molecule has 2 rings (SSSR count). The maximum Gasteiger partial charge on any atom is 0.356 e. The van der Waals surface area contributed by atoms with E-state index in [2.05, 4.69) is 10.2 Å². The van der Waals surface area contributed by atoms with Crippen molar-refractivity contribution in [3.8, 4) is 11.6 Å². The molecular weight excluding hydrogens is 290 g/mol. The molecule has 0 aliphatic carbocycles. The van der Waals surface area contributed by atoms with E-state index in [4.69, 9.17) is 21.4 Å². The maximum absolute atomic E-state index is 10.9. The topological polar surface area (TPSA) is 115 Å². The lowest BCUT2D eigenvalue weighted by atomic mass is 10.3. The van der Waals surface area contributed by atoms with Gasteiger partial charge in [0.05, 0.1) is 9.95 Å². The molecule has 8 nitrogen and oxygen atoms in total. The molecule has 0 fully saturated rings. The zero-order chi connectivity index (χ0) is 14.7. The third kappa shape index (κ3) is 2.81. The molecule has 0 unspecified atom stereocenters. The molecular formula is C11H6ClN3O5. The maximum atomic E-state index is 10.9. The van der Waals surface area contributed by atoms with Gasteiger partial charge in [-0.05, 0) is 12.1 Å². The lowest BCUT2D eigenvalue weighted by molar-refractivity contribution is -0.385. The fourth-order valence-electron chi connectivity index (χ4n) is 1.34. The Bertz CT molecular complexity index is 674. The second-order valence-electron chi connectivity index (χ2n) is 3.51. The van der Waals surface area contributed by atoms with Gasteiger partial charge in [-0.25, -0.2) is 4.79 Å². The zero-order valence-electron chi connectivity index (χ0n) is 9.69. The Morgan fingerprint density at radius 2 is 2.05 bits per heavy atom. The number of hydrogen-bond acceptors (Lipinski definition) is 6. The van der Waals surface area contributed by atoms with Gasteiger partial charge in [-0.2, -0.15) is 0 Å². The van der Waals surface area contributed by atoms with Crippen molar-refractivity contribution < 1.29 is 19.6 Å². The van der Waals surface area contributed by atoms with Crippen molar-refractivity contribution in [2.24, 2.45) is 0 Å². The van der Waals surface area contributed by atoms with Crippen molar-refractivity contribution in [1.29, 1.82) is 0 Å². The first kappa shape index (κ1) is 13.7. The fraction of sp³-hybridized carbons (Fsp3) is 0. The van der Waals surface area contributed by atoms with Crippen LogP contribution in [0.2, 0.25) is 5.02 Å². The lowest BCUT2D eigenvalue weighted by Gasteiger charge is -2.06. The number of ether oxygens (including phenoxy) is 1. The number of halogens is 1. The Kier molecular flexibility index (Phi) is 3.76. The van der Waals surface area contributed by atoms with E-state index in [1.54, 1.807) is 0 Å². The van der Waals surface area contributed by atoms with Crippen molar-refractivity contribution in [1.82, 2.24) is 10.2 Å². The predicted octanol–water partition coefficient (Wildman–Crippen LogP) is 2.53. The molecule has 1 aromatic heterocycles. The van der Waals surface area contributed by atoms with Gasteiger partial charge in [-0.1, -0.05) is 17.7 Å². The van der Waals surface area contributed by atoms with Gasteiger partial charge in [-0.3, -0.25) is 10.1 Å². The lowest BCUT2D eigenvalue weighted by Crippen LogP contribution is -2.02. The quantitative estimate of drug-likeness (QED) is 0.680. The second-order valence-corrected chi connectivity index (χ2v) is 3.92. The monoisotopic (exact) mass is 295 g/mol. The Balaban J connectivity index is 2.34. The summed E-state index contributed by atoms with van der Waals surface area (Å²) in [7, 11) is 0. The smallest absolute Gasteiger partial charge is 0.356 e. The average Bonchev–Trinajstić information content (AvgIpc) is 2.41. The molecule has 9 heteroatoms. The average molecular weight is 296 g/mol. The van der Waals surface area contributed by atoms with E-state index >= 15 is 0 Å². The van der Waals surface area contributed by atoms with Crippen LogP contribution in [0.15, 0.2) is 30.3 Å². The van der Waals surface area contributed by atoms with Crippen LogP contribution in [0.5, 0.6) is 11.6 Å². The minimum Gasteiger partial charge on any atom is -0.476 e. The minimum absolute atomic E-state index is 0.0308. The Hall–Kier alpha value is -2.74. The van der Waals surface area contributed by atoms with Crippen LogP contribution >= 0.6 is 11.6 Å². The Morgan fingerprint density at radius 1 is 1.30 bits per heavy atom. The summed E-state index contributed by atoms with van der Waals surface area (Å²) in [5.41, 5.74) is -0.604. The van der Waals surface area contributed by atoms with Gasteiger partial charge >= 0.3 is 11.7 Å². The van der Waals surface area contributed by atoms with Gasteiger partial charge in [0.25, 0.3) is 0 Å². The molecule has 0 saturated heterocycles. The number of benzene rings is 1. The number of carboxylic acids is 1. The first-order chi connectivity index (χ1) is 9.49. The van der Waals surface area contributed by atoms with E-state index in [1.807, 2.05) is 0 Å². The molecule has 1 heterocycles. The van der Waals surface area contributed by atoms with Crippen molar-refractivity contribution in [2.45, 2.75) is 0 Å². The summed E-state index contributed by atoms with van der Waals surface area (Å²) in [5, 5.41) is 26.5. The number of carboxylic acid groups (broad SMARTS) is 1. The number of nitrogens with zero attached hydrogens (tertiary/aromatic N) is 3. The molecule has 1 aromatic carbocycles. The number of aromatic nitrogens is 2. The molecule has 0 radical (unpaired) electrons. The van der Waals surface area contributed by atoms with Crippen LogP contribution in [0.25, 0.3) is 0 Å². The van der Waals surface area contributed by atoms with Gasteiger partial charge in [0.2, 0.25) is 11.6 Å². The molecule has 0 aliphatic rings. The molecule has 0 bridgehead atoms. The number of carbonyl (C=O) groups is 1. The summed E-state index contributed by atoms with van der Waals surface area (Å²) in [6.07, 6.45) is 0. The summed E-state index contributed by atoms with van der Waals surface area (Å²) in [6, 6.07) is 6.44. The molecule has 102 valence electrons. The van der Waals surface area contributed by atoms with Crippen molar-refractivity contribution >= 4 is 23.3 Å². The molecule has 0 aliphatic heterocycles. The fourth-order valence-corrected chi connectivity index (χ4v) is 1.54. The highest BCUT2D eigenvalue weighted by molar-refractivity contribution is 6.32. The van der Waals surface area contributed by atoms with Crippen LogP contribution in [0.3, 0.4) is 0 Å². The van der Waals surface area contributed by atoms with Crippen molar-refractivity contribution in [3.05, 3.63) is 51.2 Å². The number of aromatic carboxylic acids is 1. The first-order valence-corrected chi connectivity index (χ1v) is 5.54. The van der Waals surface area contributed by atoms with E-state index in [-0.39, 0.29) is 28.0 Å². The minimum atomic E-state index is -1.24. The molecule has 2 aromatic rings. The SMILES string of the molecule is O=C(O)c1ccc(Oc2c(Cl)cccc2[N+](=O)[O-])nn1. The summed E-state index contributed by atoms with van der Waals surface area (Å²) >= 11 is 5.83. The third-order valence-corrected chi connectivity index (χ3v) is 2.51. The van der Waals surface area contributed by atoms with E-state index < -0.39 is 10.9 Å². The number of nitro groups is 1. The van der Waals surface area contributed by atoms with Crippen LogP contribution in [0, 0.1) is 10.1 Å². The van der Waals surface area contributed by atoms with Crippen molar-refractivity contribution in [3.63, 3.8) is 0 Å². The summed E-state index contributed by atoms with van der Waals surface area (Å²) < 4.78 is 5.20. The molecule has 0 saturated carbocycles. The highest BCUT2D eigenvalue weighted by Crippen LogP contribution is 2.36. The standard InChI is InChI=1S/C11H6ClN3O5/c12-6-2-1-3-8(15(18)19)10(6)20-9-5-4-7(11(16)17)13-14-9/h1-5H,(H,16,17). The summed E-state index contributed by atoms with van der Waals surface area (Å²) in [6.45, 7) is 0. The predicted molar refractivity (Wildman–Crippen MR) is 67.2 cm³/mol. The van der Waals surface area contributed by atoms with E-state index in [0.29, 0.717) is 0 Å².